The quantitative estimate of drug-likeness (QED) is 0.837. The highest BCUT2D eigenvalue weighted by molar-refractivity contribution is 5.75. The van der Waals surface area contributed by atoms with Crippen LogP contribution in [0.5, 0.6) is 0 Å². The van der Waals surface area contributed by atoms with E-state index >= 15 is 0 Å². The van der Waals surface area contributed by atoms with Crippen LogP contribution in [-0.4, -0.2) is 29.3 Å². The molecule has 4 heteroatoms. The minimum Gasteiger partial charge on any atom is -0.481 e. The zero-order valence-corrected chi connectivity index (χ0v) is 9.06. The summed E-state index contributed by atoms with van der Waals surface area (Å²) in [5.41, 5.74) is 0.450. The van der Waals surface area contributed by atoms with Gasteiger partial charge in [0.1, 0.15) is 0 Å². The first kappa shape index (κ1) is 11.1. The van der Waals surface area contributed by atoms with Crippen LogP contribution in [0.3, 0.4) is 0 Å². The normalized spacial score (nSPS) is 24.5. The van der Waals surface area contributed by atoms with Crippen molar-refractivity contribution in [2.75, 3.05) is 13.2 Å². The smallest absolute Gasteiger partial charge is 0.312 e. The summed E-state index contributed by atoms with van der Waals surface area (Å²) in [4.78, 5) is 15.2. The Kier molecular flexibility index (Phi) is 3.19. The largest absolute Gasteiger partial charge is 0.481 e. The van der Waals surface area contributed by atoms with Gasteiger partial charge in [-0.2, -0.15) is 0 Å². The molecular formula is C12H15NO3. The van der Waals surface area contributed by atoms with E-state index in [-0.39, 0.29) is 0 Å². The Hall–Kier alpha value is -1.42. The molecule has 86 valence electrons. The van der Waals surface area contributed by atoms with Crippen LogP contribution in [0.15, 0.2) is 24.5 Å². The number of carboxylic acids is 1. The number of carbonyl (C=O) groups is 1. The second-order valence-corrected chi connectivity index (χ2v) is 4.24. The molecule has 2 heterocycles. The molecule has 0 amide bonds. The molecule has 1 saturated heterocycles. The van der Waals surface area contributed by atoms with Crippen LogP contribution in [0.1, 0.15) is 18.4 Å². The van der Waals surface area contributed by atoms with Gasteiger partial charge in [-0.15, -0.1) is 0 Å². The molecule has 0 spiro atoms. The number of aryl methyl sites for hydroxylation is 1. The van der Waals surface area contributed by atoms with Crippen molar-refractivity contribution < 1.29 is 14.6 Å². The van der Waals surface area contributed by atoms with Gasteiger partial charge in [0.2, 0.25) is 0 Å². The molecule has 1 fully saturated rings. The fourth-order valence-corrected chi connectivity index (χ4v) is 2.01. The minimum absolute atomic E-state index is 0.341. The summed E-state index contributed by atoms with van der Waals surface area (Å²) in [5.74, 6) is -0.737. The number of aromatic nitrogens is 1. The van der Waals surface area contributed by atoms with Gasteiger partial charge in [-0.25, -0.2) is 0 Å². The van der Waals surface area contributed by atoms with Crippen molar-refractivity contribution in [1.29, 1.82) is 0 Å². The van der Waals surface area contributed by atoms with E-state index in [4.69, 9.17) is 4.74 Å². The van der Waals surface area contributed by atoms with Crippen molar-refractivity contribution >= 4 is 5.97 Å². The third-order valence-electron chi connectivity index (χ3n) is 3.20. The number of aliphatic carboxylic acids is 1. The number of nitrogens with zero attached hydrogens (tertiary/aromatic N) is 1. The minimum atomic E-state index is -0.737. The van der Waals surface area contributed by atoms with Gasteiger partial charge in [0.05, 0.1) is 12.0 Å². The number of ether oxygens (including phenoxy) is 1. The SMILES string of the molecule is O=C(O)C1(CCc2ccncc2)CCOC1. The van der Waals surface area contributed by atoms with Crippen molar-refractivity contribution in [3.05, 3.63) is 30.1 Å². The Bertz CT molecular complexity index is 358. The molecule has 0 bridgehead atoms. The Labute approximate surface area is 94.3 Å². The average Bonchev–Trinajstić information content (AvgIpc) is 2.78. The second-order valence-electron chi connectivity index (χ2n) is 4.24. The molecular weight excluding hydrogens is 206 g/mol. The Morgan fingerprint density at radius 1 is 1.50 bits per heavy atom. The van der Waals surface area contributed by atoms with E-state index in [1.807, 2.05) is 12.1 Å². The van der Waals surface area contributed by atoms with E-state index in [2.05, 4.69) is 4.98 Å². The van der Waals surface area contributed by atoms with Crippen molar-refractivity contribution in [2.45, 2.75) is 19.3 Å². The van der Waals surface area contributed by atoms with Gasteiger partial charge < -0.3 is 9.84 Å². The Morgan fingerprint density at radius 2 is 2.25 bits per heavy atom. The summed E-state index contributed by atoms with van der Waals surface area (Å²) in [6.07, 6.45) is 5.47. The van der Waals surface area contributed by atoms with Crippen LogP contribution in [0.25, 0.3) is 0 Å². The van der Waals surface area contributed by atoms with Gasteiger partial charge in [0.25, 0.3) is 0 Å². The summed E-state index contributed by atoms with van der Waals surface area (Å²) in [6.45, 7) is 0.899. The van der Waals surface area contributed by atoms with Crippen molar-refractivity contribution in [3.8, 4) is 0 Å². The van der Waals surface area contributed by atoms with E-state index in [9.17, 15) is 9.90 Å². The van der Waals surface area contributed by atoms with E-state index in [1.54, 1.807) is 12.4 Å². The molecule has 1 N–H and O–H groups in total. The van der Waals surface area contributed by atoms with Gasteiger partial charge >= 0.3 is 5.97 Å². The van der Waals surface area contributed by atoms with E-state index in [0.29, 0.717) is 26.1 Å². The lowest BCUT2D eigenvalue weighted by atomic mass is 9.81. The van der Waals surface area contributed by atoms with Crippen LogP contribution in [-0.2, 0) is 16.0 Å². The molecule has 1 aliphatic rings. The molecule has 16 heavy (non-hydrogen) atoms. The van der Waals surface area contributed by atoms with Gasteiger partial charge in [-0.05, 0) is 37.0 Å². The molecule has 2 rings (SSSR count). The molecule has 1 aromatic heterocycles. The van der Waals surface area contributed by atoms with Crippen LogP contribution in [0.2, 0.25) is 0 Å². The number of pyridine rings is 1. The molecule has 1 aliphatic heterocycles. The summed E-state index contributed by atoms with van der Waals surface area (Å²) >= 11 is 0. The third kappa shape index (κ3) is 2.22. The molecule has 1 aromatic rings. The maximum Gasteiger partial charge on any atom is 0.312 e. The standard InChI is InChI=1S/C12H15NO3/c14-11(15)12(5-8-16-9-12)4-1-10-2-6-13-7-3-10/h2-3,6-7H,1,4-5,8-9H2,(H,14,15). The zero-order valence-electron chi connectivity index (χ0n) is 9.06. The Morgan fingerprint density at radius 3 is 2.81 bits per heavy atom. The third-order valence-corrected chi connectivity index (χ3v) is 3.20. The maximum absolute atomic E-state index is 11.3. The summed E-state index contributed by atoms with van der Waals surface area (Å²) < 4.78 is 5.22. The van der Waals surface area contributed by atoms with Crippen molar-refractivity contribution in [1.82, 2.24) is 4.98 Å². The predicted octanol–water partition coefficient (Wildman–Crippen LogP) is 1.51. The number of rotatable bonds is 4. The Balaban J connectivity index is 2.00. The van der Waals surface area contributed by atoms with Crippen LogP contribution in [0, 0.1) is 5.41 Å². The van der Waals surface area contributed by atoms with Crippen LogP contribution < -0.4 is 0 Å². The molecule has 0 radical (unpaired) electrons. The molecule has 0 aliphatic carbocycles. The highest BCUT2D eigenvalue weighted by Crippen LogP contribution is 2.33. The first-order valence-electron chi connectivity index (χ1n) is 5.43. The maximum atomic E-state index is 11.3. The lowest BCUT2D eigenvalue weighted by molar-refractivity contribution is -0.149. The monoisotopic (exact) mass is 221 g/mol. The van der Waals surface area contributed by atoms with Gasteiger partial charge in [-0.1, -0.05) is 0 Å². The summed E-state index contributed by atoms with van der Waals surface area (Å²) in [6, 6.07) is 3.84. The lowest BCUT2D eigenvalue weighted by Gasteiger charge is -2.21. The molecule has 1 atom stereocenters. The first-order valence-corrected chi connectivity index (χ1v) is 5.43. The predicted molar refractivity (Wildman–Crippen MR) is 58.1 cm³/mol. The topological polar surface area (TPSA) is 59.4 Å². The second kappa shape index (κ2) is 4.61. The van der Waals surface area contributed by atoms with Gasteiger partial charge in [-0.3, -0.25) is 9.78 Å². The van der Waals surface area contributed by atoms with E-state index in [1.165, 1.54) is 0 Å². The number of carboxylic acid groups (broad SMARTS) is 1. The van der Waals surface area contributed by atoms with E-state index in [0.717, 1.165) is 12.0 Å². The average molecular weight is 221 g/mol. The van der Waals surface area contributed by atoms with Gasteiger partial charge in [0.15, 0.2) is 0 Å². The molecule has 0 saturated carbocycles. The fraction of sp³-hybridized carbons (Fsp3) is 0.500. The van der Waals surface area contributed by atoms with Gasteiger partial charge in [0, 0.05) is 19.0 Å². The highest BCUT2D eigenvalue weighted by atomic mass is 16.5. The van der Waals surface area contributed by atoms with E-state index < -0.39 is 11.4 Å². The fourth-order valence-electron chi connectivity index (χ4n) is 2.01. The number of hydrogen-bond acceptors (Lipinski definition) is 3. The molecule has 4 nitrogen and oxygen atoms in total. The van der Waals surface area contributed by atoms with Crippen molar-refractivity contribution in [3.63, 3.8) is 0 Å². The number of hydrogen-bond donors (Lipinski definition) is 1. The molecule has 1 unspecified atom stereocenters. The zero-order chi connectivity index (χ0) is 11.4. The van der Waals surface area contributed by atoms with Crippen LogP contribution >= 0.6 is 0 Å². The molecule has 0 aromatic carbocycles. The lowest BCUT2D eigenvalue weighted by Crippen LogP contribution is -2.32. The highest BCUT2D eigenvalue weighted by Gasteiger charge is 2.41. The summed E-state index contributed by atoms with van der Waals surface area (Å²) in [7, 11) is 0. The van der Waals surface area contributed by atoms with Crippen LogP contribution in [0.4, 0.5) is 0 Å². The first-order chi connectivity index (χ1) is 7.73. The summed E-state index contributed by atoms with van der Waals surface area (Å²) in [5, 5.41) is 9.25. The van der Waals surface area contributed by atoms with Crippen molar-refractivity contribution in [2.24, 2.45) is 5.41 Å².